The molecule has 4 nitrogen and oxygen atoms in total. The Labute approximate surface area is 98.5 Å². The molecule has 0 heterocycles. The van der Waals surface area contributed by atoms with Crippen molar-refractivity contribution >= 4 is 23.1 Å². The molecule has 0 bridgehead atoms. The average molecular weight is 232 g/mol. The van der Waals surface area contributed by atoms with Gasteiger partial charge in [0.15, 0.2) is 0 Å². The Bertz CT molecular complexity index is 495. The van der Waals surface area contributed by atoms with Crippen molar-refractivity contribution in [3.8, 4) is 0 Å². The third-order valence-corrected chi connectivity index (χ3v) is 2.19. The summed E-state index contributed by atoms with van der Waals surface area (Å²) < 4.78 is 0. The van der Waals surface area contributed by atoms with E-state index in [1.165, 1.54) is 0 Å². The number of allylic oxidation sites excluding steroid dienone is 1. The maximum Gasteiger partial charge on any atom is 0.336 e. The topological polar surface area (TPSA) is 74.6 Å². The molecular formula is C13H12O4. The molecule has 0 unspecified atom stereocenters. The van der Waals surface area contributed by atoms with Crippen LogP contribution in [0.25, 0.3) is 11.1 Å². The van der Waals surface area contributed by atoms with Gasteiger partial charge in [0.2, 0.25) is 0 Å². The zero-order valence-electron chi connectivity index (χ0n) is 9.30. The molecule has 88 valence electrons. The van der Waals surface area contributed by atoms with Crippen LogP contribution in [0.2, 0.25) is 0 Å². The Hall–Kier alpha value is -2.36. The van der Waals surface area contributed by atoms with Crippen molar-refractivity contribution < 1.29 is 19.8 Å². The monoisotopic (exact) mass is 232 g/mol. The Kier molecular flexibility index (Phi) is 3.82. The van der Waals surface area contributed by atoms with Gasteiger partial charge < -0.3 is 10.2 Å². The van der Waals surface area contributed by atoms with Crippen molar-refractivity contribution in [3.63, 3.8) is 0 Å². The summed E-state index contributed by atoms with van der Waals surface area (Å²) >= 11 is 0. The molecule has 0 radical (unpaired) electrons. The van der Waals surface area contributed by atoms with Gasteiger partial charge in [0.25, 0.3) is 0 Å². The van der Waals surface area contributed by atoms with E-state index >= 15 is 0 Å². The summed E-state index contributed by atoms with van der Waals surface area (Å²) in [5.41, 5.74) is 1.85. The van der Waals surface area contributed by atoms with Crippen molar-refractivity contribution in [1.29, 1.82) is 0 Å². The predicted octanol–water partition coefficient (Wildman–Crippen LogP) is 2.27. The van der Waals surface area contributed by atoms with Gasteiger partial charge in [0.05, 0.1) is 5.57 Å². The van der Waals surface area contributed by atoms with Crippen LogP contribution in [0.1, 0.15) is 18.1 Å². The van der Waals surface area contributed by atoms with E-state index in [1.807, 2.05) is 6.92 Å². The molecule has 0 amide bonds. The lowest BCUT2D eigenvalue weighted by Crippen LogP contribution is -2.03. The van der Waals surface area contributed by atoms with Crippen LogP contribution in [-0.2, 0) is 9.59 Å². The highest BCUT2D eigenvalue weighted by atomic mass is 16.4. The number of carbonyl (C=O) groups is 2. The van der Waals surface area contributed by atoms with E-state index in [0.29, 0.717) is 11.6 Å². The van der Waals surface area contributed by atoms with Crippen LogP contribution in [0.15, 0.2) is 36.9 Å². The molecule has 0 atom stereocenters. The summed E-state index contributed by atoms with van der Waals surface area (Å²) in [6.07, 6.45) is 0.679. The van der Waals surface area contributed by atoms with Crippen molar-refractivity contribution in [2.75, 3.05) is 0 Å². The molecule has 2 N–H and O–H groups in total. The molecule has 1 aromatic rings. The van der Waals surface area contributed by atoms with Gasteiger partial charge in [-0.3, -0.25) is 0 Å². The molecule has 0 aliphatic carbocycles. The largest absolute Gasteiger partial charge is 0.478 e. The van der Waals surface area contributed by atoms with E-state index < -0.39 is 11.9 Å². The van der Waals surface area contributed by atoms with E-state index in [2.05, 4.69) is 6.58 Å². The lowest BCUT2D eigenvalue weighted by atomic mass is 10.0. The van der Waals surface area contributed by atoms with Crippen LogP contribution in [-0.4, -0.2) is 22.2 Å². The van der Waals surface area contributed by atoms with Crippen LogP contribution >= 0.6 is 0 Å². The molecule has 0 spiro atoms. The highest BCUT2D eigenvalue weighted by Crippen LogP contribution is 2.18. The van der Waals surface area contributed by atoms with Gasteiger partial charge in [0.1, 0.15) is 0 Å². The number of aliphatic carboxylic acids is 2. The normalized spacial score (nSPS) is 11.0. The highest BCUT2D eigenvalue weighted by molar-refractivity contribution is 6.19. The lowest BCUT2D eigenvalue weighted by Gasteiger charge is -2.04. The number of hydrogen-bond donors (Lipinski definition) is 2. The number of carboxylic acids is 2. The van der Waals surface area contributed by atoms with Crippen LogP contribution in [0.5, 0.6) is 0 Å². The quantitative estimate of drug-likeness (QED) is 0.781. The average Bonchev–Trinajstić information content (AvgIpc) is 2.25. The summed E-state index contributed by atoms with van der Waals surface area (Å²) in [5, 5.41) is 17.5. The zero-order valence-corrected chi connectivity index (χ0v) is 9.30. The third kappa shape index (κ3) is 3.31. The number of benzene rings is 1. The minimum absolute atomic E-state index is 0.245. The Balaban J connectivity index is 3.17. The van der Waals surface area contributed by atoms with E-state index in [9.17, 15) is 9.59 Å². The fraction of sp³-hybridized carbons (Fsp3) is 0.0769. The van der Waals surface area contributed by atoms with Gasteiger partial charge in [-0.05, 0) is 18.1 Å². The zero-order chi connectivity index (χ0) is 13.0. The van der Waals surface area contributed by atoms with Crippen LogP contribution < -0.4 is 0 Å². The molecule has 4 heteroatoms. The van der Waals surface area contributed by atoms with Crippen molar-refractivity contribution in [3.05, 3.63) is 48.0 Å². The fourth-order valence-corrected chi connectivity index (χ4v) is 1.33. The van der Waals surface area contributed by atoms with Gasteiger partial charge in [0, 0.05) is 6.08 Å². The van der Waals surface area contributed by atoms with Gasteiger partial charge in [-0.1, -0.05) is 36.4 Å². The molecule has 0 saturated carbocycles. The van der Waals surface area contributed by atoms with E-state index in [1.54, 1.807) is 24.3 Å². The summed E-state index contributed by atoms with van der Waals surface area (Å²) in [4.78, 5) is 21.4. The Morgan fingerprint density at radius 1 is 1.12 bits per heavy atom. The number of hydrogen-bond acceptors (Lipinski definition) is 2. The Morgan fingerprint density at radius 2 is 1.59 bits per heavy atom. The summed E-state index contributed by atoms with van der Waals surface area (Å²) in [6, 6.07) is 6.53. The molecule has 0 aliphatic rings. The second kappa shape index (κ2) is 5.12. The number of rotatable bonds is 4. The molecule has 1 rings (SSSR count). The lowest BCUT2D eigenvalue weighted by molar-refractivity contribution is -0.133. The molecule has 17 heavy (non-hydrogen) atoms. The third-order valence-electron chi connectivity index (χ3n) is 2.19. The summed E-state index contributed by atoms with van der Waals surface area (Å²) in [7, 11) is 0. The SMILES string of the molecule is C=C(C)c1ccc(/C(=C/C(=O)O)C(=O)O)cc1. The van der Waals surface area contributed by atoms with E-state index in [0.717, 1.165) is 11.1 Å². The maximum absolute atomic E-state index is 10.9. The molecule has 0 fully saturated rings. The predicted molar refractivity (Wildman–Crippen MR) is 64.4 cm³/mol. The highest BCUT2D eigenvalue weighted by Gasteiger charge is 2.12. The summed E-state index contributed by atoms with van der Waals surface area (Å²) in [5.74, 6) is -2.55. The minimum Gasteiger partial charge on any atom is -0.478 e. The smallest absolute Gasteiger partial charge is 0.336 e. The summed E-state index contributed by atoms with van der Waals surface area (Å²) in [6.45, 7) is 5.59. The second-order valence-electron chi connectivity index (χ2n) is 3.56. The minimum atomic E-state index is -1.29. The first kappa shape index (κ1) is 12.7. The molecule has 1 aromatic carbocycles. The van der Waals surface area contributed by atoms with Gasteiger partial charge in [-0.15, -0.1) is 0 Å². The Morgan fingerprint density at radius 3 is 1.94 bits per heavy atom. The van der Waals surface area contributed by atoms with Crippen LogP contribution in [0.3, 0.4) is 0 Å². The van der Waals surface area contributed by atoms with Crippen molar-refractivity contribution in [2.45, 2.75) is 6.92 Å². The van der Waals surface area contributed by atoms with Gasteiger partial charge >= 0.3 is 11.9 Å². The standard InChI is InChI=1S/C13H12O4/c1-8(2)9-3-5-10(6-4-9)11(13(16)17)7-12(14)15/h3-7H,1H2,2H3,(H,14,15)(H,16,17)/b11-7-. The first-order chi connectivity index (χ1) is 7.91. The first-order valence-corrected chi connectivity index (χ1v) is 4.86. The molecule has 0 saturated heterocycles. The molecular weight excluding hydrogens is 220 g/mol. The van der Waals surface area contributed by atoms with E-state index in [4.69, 9.17) is 10.2 Å². The van der Waals surface area contributed by atoms with Crippen LogP contribution in [0, 0.1) is 0 Å². The molecule has 0 aromatic heterocycles. The number of carboxylic acid groups (broad SMARTS) is 2. The van der Waals surface area contributed by atoms with Crippen LogP contribution in [0.4, 0.5) is 0 Å². The van der Waals surface area contributed by atoms with Crippen molar-refractivity contribution in [1.82, 2.24) is 0 Å². The van der Waals surface area contributed by atoms with Gasteiger partial charge in [-0.25, -0.2) is 9.59 Å². The maximum atomic E-state index is 10.9. The van der Waals surface area contributed by atoms with Crippen molar-refractivity contribution in [2.24, 2.45) is 0 Å². The first-order valence-electron chi connectivity index (χ1n) is 4.86. The molecule has 0 aliphatic heterocycles. The van der Waals surface area contributed by atoms with E-state index in [-0.39, 0.29) is 5.57 Å². The van der Waals surface area contributed by atoms with Gasteiger partial charge in [-0.2, -0.15) is 0 Å². The fourth-order valence-electron chi connectivity index (χ4n) is 1.33. The second-order valence-corrected chi connectivity index (χ2v) is 3.56.